The van der Waals surface area contributed by atoms with Crippen molar-refractivity contribution in [2.75, 3.05) is 32.8 Å². The van der Waals surface area contributed by atoms with Gasteiger partial charge in [-0.2, -0.15) is 4.31 Å². The number of amides is 2. The van der Waals surface area contributed by atoms with Crippen LogP contribution >= 0.6 is 0 Å². The zero-order chi connectivity index (χ0) is 23.3. The van der Waals surface area contributed by atoms with Gasteiger partial charge in [-0.15, -0.1) is 0 Å². The molecule has 0 saturated carbocycles. The summed E-state index contributed by atoms with van der Waals surface area (Å²) in [5, 5.41) is 2.48. The van der Waals surface area contributed by atoms with Crippen LogP contribution in [0.15, 0.2) is 21.6 Å². The lowest BCUT2D eigenvalue weighted by Crippen LogP contribution is -2.52. The van der Waals surface area contributed by atoms with Crippen LogP contribution in [-0.4, -0.2) is 74.2 Å². The molecule has 2 fully saturated rings. The zero-order valence-electron chi connectivity index (χ0n) is 18.5. The Morgan fingerprint density at radius 2 is 1.91 bits per heavy atom. The minimum atomic E-state index is -4.11. The summed E-state index contributed by atoms with van der Waals surface area (Å²) >= 11 is 0. The van der Waals surface area contributed by atoms with Gasteiger partial charge in [0, 0.05) is 26.2 Å². The molecule has 1 aromatic rings. The van der Waals surface area contributed by atoms with E-state index in [1.807, 2.05) is 6.92 Å². The lowest BCUT2D eigenvalue weighted by Gasteiger charge is -2.35. The molecule has 10 nitrogen and oxygen atoms in total. The second-order valence-corrected chi connectivity index (χ2v) is 9.85. The number of rotatable bonds is 8. The van der Waals surface area contributed by atoms with Gasteiger partial charge in [-0.3, -0.25) is 9.59 Å². The molecule has 0 bridgehead atoms. The molecule has 1 aromatic heterocycles. The number of hydrogen-bond donors (Lipinski definition) is 1. The van der Waals surface area contributed by atoms with Crippen molar-refractivity contribution >= 4 is 27.8 Å². The molecule has 2 aliphatic rings. The van der Waals surface area contributed by atoms with Crippen LogP contribution in [0.5, 0.6) is 0 Å². The number of carbonyl (C=O) groups is 3. The molecule has 2 atom stereocenters. The quantitative estimate of drug-likeness (QED) is 0.570. The van der Waals surface area contributed by atoms with E-state index in [4.69, 9.17) is 9.15 Å². The highest BCUT2D eigenvalue weighted by Crippen LogP contribution is 2.29. The van der Waals surface area contributed by atoms with Gasteiger partial charge in [-0.25, -0.2) is 13.2 Å². The molecule has 0 aromatic carbocycles. The van der Waals surface area contributed by atoms with Crippen molar-refractivity contribution in [3.63, 3.8) is 0 Å². The lowest BCUT2D eigenvalue weighted by atomic mass is 9.96. The number of nitrogens with zero attached hydrogens (tertiary/aromatic N) is 2. The molecular weight excluding hydrogens is 438 g/mol. The Kier molecular flexibility index (Phi) is 7.94. The van der Waals surface area contributed by atoms with E-state index in [-0.39, 0.29) is 43.2 Å². The summed E-state index contributed by atoms with van der Waals surface area (Å²) in [6, 6.07) is 1.60. The van der Waals surface area contributed by atoms with Crippen molar-refractivity contribution in [2.45, 2.75) is 57.1 Å². The van der Waals surface area contributed by atoms with Crippen LogP contribution in [0.2, 0.25) is 0 Å². The van der Waals surface area contributed by atoms with Crippen molar-refractivity contribution in [3.05, 3.63) is 17.9 Å². The summed E-state index contributed by atoms with van der Waals surface area (Å²) in [6.07, 6.45) is 3.16. The summed E-state index contributed by atoms with van der Waals surface area (Å²) in [5.74, 6) is -1.60. The lowest BCUT2D eigenvalue weighted by molar-refractivity contribution is -0.138. The Morgan fingerprint density at radius 1 is 1.16 bits per heavy atom. The Labute approximate surface area is 188 Å². The van der Waals surface area contributed by atoms with Gasteiger partial charge in [-0.1, -0.05) is 6.92 Å². The Bertz CT molecular complexity index is 943. The third-order valence-corrected chi connectivity index (χ3v) is 7.55. The highest BCUT2D eigenvalue weighted by atomic mass is 32.2. The van der Waals surface area contributed by atoms with Crippen molar-refractivity contribution in [1.29, 1.82) is 0 Å². The third kappa shape index (κ3) is 5.15. The topological polar surface area (TPSA) is 126 Å². The van der Waals surface area contributed by atoms with Crippen LogP contribution in [0.4, 0.5) is 0 Å². The molecule has 3 heterocycles. The first kappa shape index (κ1) is 24.2. The standard InChI is InChI=1S/C21H31N3O7S/c1-3-11-22-19(25)15-7-5-12-23(14-15)20(26)16-8-6-13-24(16)32(28,29)18-10-9-17(31-18)21(27)30-4-2/h9-10,15-16H,3-8,11-14H2,1-2H3,(H,22,25). The largest absolute Gasteiger partial charge is 0.460 e. The van der Waals surface area contributed by atoms with Gasteiger partial charge < -0.3 is 19.4 Å². The smallest absolute Gasteiger partial charge is 0.374 e. The number of carbonyl (C=O) groups excluding carboxylic acids is 3. The molecule has 32 heavy (non-hydrogen) atoms. The summed E-state index contributed by atoms with van der Waals surface area (Å²) in [7, 11) is -4.11. The number of nitrogens with one attached hydrogen (secondary N) is 1. The van der Waals surface area contributed by atoms with E-state index in [0.29, 0.717) is 38.8 Å². The number of hydrogen-bond acceptors (Lipinski definition) is 7. The van der Waals surface area contributed by atoms with Gasteiger partial charge in [0.1, 0.15) is 6.04 Å². The van der Waals surface area contributed by atoms with Crippen LogP contribution in [0.25, 0.3) is 0 Å². The van der Waals surface area contributed by atoms with Crippen LogP contribution in [0, 0.1) is 5.92 Å². The van der Waals surface area contributed by atoms with E-state index in [9.17, 15) is 22.8 Å². The summed E-state index contributed by atoms with van der Waals surface area (Å²) in [6.45, 7) is 5.30. The van der Waals surface area contributed by atoms with E-state index in [1.54, 1.807) is 11.8 Å². The van der Waals surface area contributed by atoms with Gasteiger partial charge in [-0.05, 0) is 51.2 Å². The Balaban J connectivity index is 1.72. The van der Waals surface area contributed by atoms with Gasteiger partial charge in [0.05, 0.1) is 12.5 Å². The fourth-order valence-corrected chi connectivity index (χ4v) is 5.72. The summed E-state index contributed by atoms with van der Waals surface area (Å²) in [4.78, 5) is 39.0. The highest BCUT2D eigenvalue weighted by Gasteiger charge is 2.43. The maximum Gasteiger partial charge on any atom is 0.374 e. The van der Waals surface area contributed by atoms with Crippen molar-refractivity contribution in [2.24, 2.45) is 5.92 Å². The first-order chi connectivity index (χ1) is 15.3. The van der Waals surface area contributed by atoms with Crippen LogP contribution in [0.3, 0.4) is 0 Å². The molecule has 178 valence electrons. The predicted octanol–water partition coefficient (Wildman–Crippen LogP) is 1.37. The molecular formula is C21H31N3O7S. The normalized spacial score (nSPS) is 22.0. The zero-order valence-corrected chi connectivity index (χ0v) is 19.4. The van der Waals surface area contributed by atoms with E-state index in [1.165, 1.54) is 12.1 Å². The van der Waals surface area contributed by atoms with E-state index >= 15 is 0 Å². The monoisotopic (exact) mass is 469 g/mol. The molecule has 0 radical (unpaired) electrons. The van der Waals surface area contributed by atoms with Crippen molar-refractivity contribution < 1.29 is 32.0 Å². The van der Waals surface area contributed by atoms with Gasteiger partial charge >= 0.3 is 5.97 Å². The van der Waals surface area contributed by atoms with Crippen LogP contribution in [-0.2, 0) is 24.3 Å². The number of likely N-dealkylation sites (tertiary alicyclic amines) is 1. The molecule has 2 saturated heterocycles. The van der Waals surface area contributed by atoms with Crippen LogP contribution < -0.4 is 5.32 Å². The van der Waals surface area contributed by atoms with E-state index < -0.39 is 27.1 Å². The van der Waals surface area contributed by atoms with E-state index in [0.717, 1.165) is 10.7 Å². The molecule has 11 heteroatoms. The SMILES string of the molecule is CCCNC(=O)C1CCCN(C(=O)C2CCCN2S(=O)(=O)c2ccc(C(=O)OCC)o2)C1. The summed E-state index contributed by atoms with van der Waals surface area (Å²) < 4.78 is 37.6. The number of sulfonamides is 1. The second-order valence-electron chi connectivity index (χ2n) is 8.03. The molecule has 0 spiro atoms. The van der Waals surface area contributed by atoms with Crippen LogP contribution in [0.1, 0.15) is 56.5 Å². The highest BCUT2D eigenvalue weighted by molar-refractivity contribution is 7.89. The number of esters is 1. The molecule has 3 rings (SSSR count). The number of piperidine rings is 1. The maximum absolute atomic E-state index is 13.3. The number of furan rings is 1. The fraction of sp³-hybridized carbons (Fsp3) is 0.667. The average molecular weight is 470 g/mol. The average Bonchev–Trinajstić information content (AvgIpc) is 3.48. The minimum Gasteiger partial charge on any atom is -0.460 e. The van der Waals surface area contributed by atoms with Gasteiger partial charge in [0.25, 0.3) is 10.0 Å². The molecule has 2 amide bonds. The third-order valence-electron chi connectivity index (χ3n) is 5.76. The summed E-state index contributed by atoms with van der Waals surface area (Å²) in [5.41, 5.74) is 0. The van der Waals surface area contributed by atoms with Crippen molar-refractivity contribution in [3.8, 4) is 0 Å². The second kappa shape index (κ2) is 10.5. The fourth-order valence-electron chi connectivity index (χ4n) is 4.16. The first-order valence-corrected chi connectivity index (χ1v) is 12.6. The Hall–Kier alpha value is -2.40. The molecule has 1 N–H and O–H groups in total. The molecule has 2 unspecified atom stereocenters. The van der Waals surface area contributed by atoms with Gasteiger partial charge in [0.2, 0.25) is 22.7 Å². The molecule has 0 aliphatic carbocycles. The van der Waals surface area contributed by atoms with Gasteiger partial charge in [0.15, 0.2) is 0 Å². The van der Waals surface area contributed by atoms with E-state index in [2.05, 4.69) is 5.32 Å². The number of ether oxygens (including phenoxy) is 1. The first-order valence-electron chi connectivity index (χ1n) is 11.1. The minimum absolute atomic E-state index is 0.0673. The maximum atomic E-state index is 13.3. The Morgan fingerprint density at radius 3 is 2.62 bits per heavy atom. The predicted molar refractivity (Wildman–Crippen MR) is 114 cm³/mol. The molecule has 2 aliphatic heterocycles. The van der Waals surface area contributed by atoms with Crippen molar-refractivity contribution in [1.82, 2.24) is 14.5 Å².